The number of aryl methyl sites for hydroxylation is 7. The Labute approximate surface area is 815 Å². The van der Waals surface area contributed by atoms with Crippen molar-refractivity contribution in [1.82, 2.24) is 0 Å². The molecule has 13 aliphatic rings. The maximum absolute atomic E-state index is 12.9. The number of hydrogen-bond donors (Lipinski definition) is 0. The van der Waals surface area contributed by atoms with Crippen LogP contribution in [0.3, 0.4) is 0 Å². The quantitative estimate of drug-likeness (QED) is 0.0643. The summed E-state index contributed by atoms with van der Waals surface area (Å²) in [5.41, 5.74) is 38.1. The summed E-state index contributed by atoms with van der Waals surface area (Å²) in [5, 5.41) is 11.6. The van der Waals surface area contributed by atoms with Crippen LogP contribution in [0.5, 0.6) is 0 Å². The molecule has 3 radical (unpaired) electrons. The second-order valence-electron chi connectivity index (χ2n) is 39.7. The normalized spacial score (nSPS) is 25.1. The molecule has 17 heteroatoms. The molecule has 14 nitrogen and oxygen atoms in total. The van der Waals surface area contributed by atoms with Crippen LogP contribution in [-0.4, -0.2) is 102 Å². The average molecular weight is 1900 g/mol. The average Bonchev–Trinajstić information content (AvgIpc) is 1.56. The number of nitro benzene ring substituents is 1. The van der Waals surface area contributed by atoms with Gasteiger partial charge in [-0.05, 0) is 386 Å². The van der Waals surface area contributed by atoms with E-state index in [9.17, 15) is 43.7 Å². The number of nitro groups is 1. The molecule has 19 rings (SSSR count). The van der Waals surface area contributed by atoms with Crippen LogP contribution in [0.2, 0.25) is 0 Å². The third-order valence-electron chi connectivity index (χ3n) is 31.5. The maximum atomic E-state index is 12.9. The molecule has 0 amide bonds. The summed E-state index contributed by atoms with van der Waals surface area (Å²) < 4.78 is 0. The van der Waals surface area contributed by atoms with Crippen molar-refractivity contribution in [1.29, 1.82) is 0 Å². The van der Waals surface area contributed by atoms with Gasteiger partial charge in [-0.1, -0.05) is 25.1 Å². The van der Waals surface area contributed by atoms with Gasteiger partial charge in [-0.3, -0.25) is 43.7 Å². The second kappa shape index (κ2) is 37.4. The van der Waals surface area contributed by atoms with E-state index in [0.717, 1.165) is 162 Å². The Morgan fingerprint density at radius 2 is 0.823 bits per heavy atom. The van der Waals surface area contributed by atoms with Gasteiger partial charge in [0.1, 0.15) is 5.78 Å². The Morgan fingerprint density at radius 1 is 0.435 bits per heavy atom. The SMILES string of the molecule is CC1=C2c3cc(C)c(C)c([N+](=O)[O-])c3CC23CCC(C3)C1=O.CC1=C2c3cc(C)c(C)cc3CC23CCC(C3)C1=O.CC1=C2c3cc(C)c(N(C)C)cc3CC23CCC(C3)C1=O.[CH2-]CC1(CCC(=O)CC)Cc2cc(N(C)C)c(C)cc2C1=O.[CH2-]CC12CCC(=O)C(C)=C1c1cc(C)c(N(C)C)cc1C2.[CH2-]CC1Cc2cc(N(C)C)c(C)cc2C1=O.[Y].[Y].[Y]. The van der Waals surface area contributed by atoms with Crippen molar-refractivity contribution in [2.24, 2.45) is 50.7 Å². The molecule has 6 aromatic rings. The molecule has 0 saturated heterocycles. The van der Waals surface area contributed by atoms with Crippen molar-refractivity contribution >= 4 is 91.2 Å². The second-order valence-corrected chi connectivity index (χ2v) is 39.7. The van der Waals surface area contributed by atoms with Gasteiger partial charge in [0, 0.05) is 258 Å². The van der Waals surface area contributed by atoms with Crippen LogP contribution in [0.4, 0.5) is 28.4 Å². The van der Waals surface area contributed by atoms with E-state index in [1.54, 1.807) is 0 Å². The zero-order valence-corrected chi connectivity index (χ0v) is 86.7. The molecule has 3 spiro atoms. The molecule has 6 aromatic carbocycles. The standard InChI is InChI=1S/C19H26NO2.C19H23NO.C19H24NO.C18H19NO3.C18H20O.C14H18NO.3Y/c1-6-15(21)8-9-19(7-2)12-14-11-17(20(4)5)13(3)10-16(14)18(19)22;1-11-7-15-14(8-16(11)20(3)4)10-19-6-5-13(9-19)18(21)12(2)17(15)19;1-6-19-8-7-17(21)13(3)18(19)15-9-12(2)16(20(4)5)10-14(15)11-19;1-9-6-13-14(16(10(9)2)19(21)22)8-18-5-4-12(7-18)17(20)11(3)15(13)18;1-10-6-14-9-18-5-4-13(8-18)17(19)12(3)16(18)15(14)7-11(10)2;1-5-10-7-11-8-13(15(3)4)9(2)6-12(11)14(10)16;;;/h10-11H,2,6-9,12H2,1,3-5H3;7-8,13H,5-6,9-10H2,1-4H3;9-10H,1,6-8,11H2,2-5H3;6,12H,4-5,7-8H2,1-3H3;6-7,13H,4-5,8-9H2,1-3H3;6,8,10H,1,5,7H2,2-4H3;;;/q-1;;-1;;;-1;;;. The number of allylic oxidation sites excluding steroid dienone is 8. The Morgan fingerprint density at radius 3 is 1.26 bits per heavy atom. The fourth-order valence-corrected chi connectivity index (χ4v) is 24.9. The molecule has 649 valence electrons. The number of carbonyl (C=O) groups excluding carboxylic acids is 7. The van der Waals surface area contributed by atoms with E-state index in [-0.39, 0.29) is 160 Å². The predicted octanol–water partition coefficient (Wildman–Crippen LogP) is 22.0. The first-order valence-corrected chi connectivity index (χ1v) is 44.7. The summed E-state index contributed by atoms with van der Waals surface area (Å²) in [5.74, 6) is 2.96. The Bertz CT molecular complexity index is 5530. The zero-order chi connectivity index (χ0) is 87.8. The summed E-state index contributed by atoms with van der Waals surface area (Å²) in [4.78, 5) is 106. The molecular weight excluding hydrogens is 1770 g/mol. The molecule has 124 heavy (non-hydrogen) atoms. The molecule has 0 aliphatic heterocycles. The van der Waals surface area contributed by atoms with E-state index < -0.39 is 5.41 Å². The van der Waals surface area contributed by atoms with E-state index in [2.05, 4.69) is 172 Å². The largest absolute Gasteiger partial charge is 0.377 e. The van der Waals surface area contributed by atoms with Crippen molar-refractivity contribution in [3.05, 3.63) is 231 Å². The minimum atomic E-state index is -0.482. The predicted molar refractivity (Wildman–Crippen MR) is 493 cm³/mol. The summed E-state index contributed by atoms with van der Waals surface area (Å²) in [6.45, 7) is 38.5. The van der Waals surface area contributed by atoms with Crippen LogP contribution in [0.25, 0.3) is 22.3 Å². The van der Waals surface area contributed by atoms with E-state index in [4.69, 9.17) is 0 Å². The third-order valence-corrected chi connectivity index (χ3v) is 31.5. The fourth-order valence-electron chi connectivity index (χ4n) is 24.9. The van der Waals surface area contributed by atoms with Gasteiger partial charge in [0.15, 0.2) is 34.7 Å². The number of hydrogen-bond acceptors (Lipinski definition) is 13. The number of fused-ring (bicyclic) bond motifs is 14. The molecule has 0 aromatic heterocycles. The molecule has 13 aliphatic carbocycles. The topological polar surface area (TPSA) is 176 Å². The number of ketones is 7. The van der Waals surface area contributed by atoms with Crippen molar-refractivity contribution in [2.75, 3.05) is 76.0 Å². The van der Waals surface area contributed by atoms with Crippen LogP contribution in [0.1, 0.15) is 265 Å². The smallest absolute Gasteiger partial charge is 0.276 e. The fraction of sp³-hybridized carbons (Fsp3) is 0.495. The van der Waals surface area contributed by atoms with Gasteiger partial charge in [-0.25, -0.2) is 0 Å². The number of carbonyl (C=O) groups is 7. The Balaban J connectivity index is 0.000000144. The number of rotatable bonds is 12. The molecular formula is C107H130N5O9Y3-3. The van der Waals surface area contributed by atoms with Crippen LogP contribution in [0.15, 0.2) is 89.0 Å². The van der Waals surface area contributed by atoms with Gasteiger partial charge in [-0.15, -0.1) is 0 Å². The minimum Gasteiger partial charge on any atom is -0.377 e. The molecule has 9 unspecified atom stereocenters. The van der Waals surface area contributed by atoms with Gasteiger partial charge in [0.05, 0.1) is 4.92 Å². The van der Waals surface area contributed by atoms with Crippen LogP contribution in [0, 0.1) is 137 Å². The molecule has 9 atom stereocenters. The van der Waals surface area contributed by atoms with Gasteiger partial charge in [-0.2, -0.15) is 19.3 Å². The number of nitrogens with zero attached hydrogens (tertiary/aromatic N) is 5. The van der Waals surface area contributed by atoms with Gasteiger partial charge >= 0.3 is 0 Å². The first-order valence-electron chi connectivity index (χ1n) is 44.7. The first-order chi connectivity index (χ1) is 57.1. The number of benzene rings is 6. The molecule has 3 fully saturated rings. The van der Waals surface area contributed by atoms with Crippen LogP contribution < -0.4 is 19.6 Å². The van der Waals surface area contributed by atoms with E-state index in [0.29, 0.717) is 79.5 Å². The van der Waals surface area contributed by atoms with E-state index >= 15 is 0 Å². The molecule has 6 bridgehead atoms. The minimum absolute atomic E-state index is 0. The van der Waals surface area contributed by atoms with Gasteiger partial charge in [0.25, 0.3) is 5.69 Å². The summed E-state index contributed by atoms with van der Waals surface area (Å²) >= 11 is 0. The van der Waals surface area contributed by atoms with Crippen molar-refractivity contribution in [3.63, 3.8) is 0 Å². The molecule has 0 heterocycles. The summed E-state index contributed by atoms with van der Waals surface area (Å²) in [6, 6.07) is 24.3. The van der Waals surface area contributed by atoms with Gasteiger partial charge in [0.2, 0.25) is 0 Å². The van der Waals surface area contributed by atoms with E-state index in [1.165, 1.54) is 120 Å². The zero-order valence-electron chi connectivity index (χ0n) is 78.2. The maximum Gasteiger partial charge on any atom is 0.276 e. The van der Waals surface area contributed by atoms with E-state index in [1.807, 2.05) is 81.9 Å². The molecule has 3 saturated carbocycles. The van der Waals surface area contributed by atoms with Crippen molar-refractivity contribution < 1.29 is 137 Å². The summed E-state index contributed by atoms with van der Waals surface area (Å²) in [6.07, 6.45) is 20.6. The number of Topliss-reactive ketones (excluding diaryl/α,β-unsaturated/α-hetero) is 7. The summed E-state index contributed by atoms with van der Waals surface area (Å²) in [7, 11) is 16.5. The van der Waals surface area contributed by atoms with Gasteiger partial charge < -0.3 is 40.4 Å². The van der Waals surface area contributed by atoms with Crippen LogP contribution >= 0.6 is 0 Å². The first kappa shape index (κ1) is 98.5. The Hall–Kier alpha value is -6.12. The third kappa shape index (κ3) is 17.0. The monoisotopic (exact) mass is 1900 g/mol. The van der Waals surface area contributed by atoms with Crippen LogP contribution in [-0.2, 0) is 161 Å². The number of anilines is 4. The van der Waals surface area contributed by atoms with Crippen molar-refractivity contribution in [2.45, 2.75) is 238 Å². The Kier molecular flexibility index (Phi) is 29.7. The van der Waals surface area contributed by atoms with Crippen molar-refractivity contribution in [3.8, 4) is 0 Å². The molecule has 0 N–H and O–H groups in total.